The minimum Gasteiger partial charge on any atom is -0.384 e. The molecule has 1 aromatic carbocycles. The van der Waals surface area contributed by atoms with Gasteiger partial charge in [0.1, 0.15) is 4.90 Å². The Morgan fingerprint density at radius 1 is 1.35 bits per heavy atom. The molecule has 0 radical (unpaired) electrons. The van der Waals surface area contributed by atoms with Crippen molar-refractivity contribution in [2.75, 3.05) is 25.5 Å². The summed E-state index contributed by atoms with van der Waals surface area (Å²) < 4.78 is 25.8. The summed E-state index contributed by atoms with van der Waals surface area (Å²) in [6.07, 6.45) is 0. The van der Waals surface area contributed by atoms with Crippen molar-refractivity contribution < 1.29 is 8.42 Å². The highest BCUT2D eigenvalue weighted by Crippen LogP contribution is 2.20. The number of rotatable bonds is 6. The Bertz CT molecular complexity index is 460. The van der Waals surface area contributed by atoms with E-state index < -0.39 is 10.0 Å². The largest absolute Gasteiger partial charge is 0.384 e. The molecule has 6 heteroatoms. The van der Waals surface area contributed by atoms with Gasteiger partial charge in [-0.2, -0.15) is 0 Å². The number of hydrogen-bond donors (Lipinski definition) is 3. The van der Waals surface area contributed by atoms with Gasteiger partial charge in [0.2, 0.25) is 10.0 Å². The van der Waals surface area contributed by atoms with E-state index in [0.29, 0.717) is 24.7 Å². The molecule has 4 N–H and O–H groups in total. The van der Waals surface area contributed by atoms with Gasteiger partial charge in [-0.1, -0.05) is 19.1 Å². The van der Waals surface area contributed by atoms with Gasteiger partial charge in [-0.3, -0.25) is 0 Å². The molecule has 0 saturated heterocycles. The Morgan fingerprint density at radius 2 is 2.00 bits per heavy atom. The van der Waals surface area contributed by atoms with Gasteiger partial charge in [-0.25, -0.2) is 13.1 Å². The third-order valence-corrected chi connectivity index (χ3v) is 3.96. The number of nitrogens with two attached hydrogens (primary N) is 1. The Labute approximate surface area is 102 Å². The van der Waals surface area contributed by atoms with E-state index in [1.807, 2.05) is 6.92 Å². The van der Waals surface area contributed by atoms with Crippen molar-refractivity contribution in [2.24, 2.45) is 11.7 Å². The van der Waals surface area contributed by atoms with Crippen LogP contribution in [0.15, 0.2) is 29.2 Å². The van der Waals surface area contributed by atoms with Crippen LogP contribution in [-0.2, 0) is 10.0 Å². The van der Waals surface area contributed by atoms with E-state index >= 15 is 0 Å². The van der Waals surface area contributed by atoms with Crippen LogP contribution in [0.3, 0.4) is 0 Å². The normalized spacial score (nSPS) is 13.4. The maximum absolute atomic E-state index is 11.8. The second-order valence-corrected chi connectivity index (χ2v) is 5.78. The second kappa shape index (κ2) is 6.00. The molecule has 0 aromatic heterocycles. The lowest BCUT2D eigenvalue weighted by molar-refractivity contribution is 0.588. The molecule has 1 unspecified atom stereocenters. The summed E-state index contributed by atoms with van der Waals surface area (Å²) in [4.78, 5) is 0.256. The monoisotopic (exact) mass is 257 g/mol. The van der Waals surface area contributed by atoms with E-state index in [1.165, 1.54) is 7.05 Å². The number of anilines is 1. The molecule has 1 aromatic rings. The molecular formula is C11H19N3O2S. The van der Waals surface area contributed by atoms with Gasteiger partial charge in [0, 0.05) is 6.54 Å². The molecule has 0 fully saturated rings. The summed E-state index contributed by atoms with van der Waals surface area (Å²) in [7, 11) is -2.03. The maximum Gasteiger partial charge on any atom is 0.242 e. The molecule has 0 bridgehead atoms. The van der Waals surface area contributed by atoms with Crippen LogP contribution in [0.5, 0.6) is 0 Å². The fourth-order valence-electron chi connectivity index (χ4n) is 1.32. The Hall–Kier alpha value is -1.11. The summed E-state index contributed by atoms with van der Waals surface area (Å²) in [5, 5.41) is 3.11. The zero-order valence-corrected chi connectivity index (χ0v) is 10.9. The van der Waals surface area contributed by atoms with Crippen molar-refractivity contribution in [3.05, 3.63) is 24.3 Å². The van der Waals surface area contributed by atoms with Crippen molar-refractivity contribution in [3.8, 4) is 0 Å². The van der Waals surface area contributed by atoms with Gasteiger partial charge in [0.25, 0.3) is 0 Å². The number of hydrogen-bond acceptors (Lipinski definition) is 4. The van der Waals surface area contributed by atoms with Gasteiger partial charge < -0.3 is 11.1 Å². The predicted octanol–water partition coefficient (Wildman–Crippen LogP) is 0.601. The van der Waals surface area contributed by atoms with E-state index in [1.54, 1.807) is 24.3 Å². The van der Waals surface area contributed by atoms with Crippen molar-refractivity contribution in [2.45, 2.75) is 11.8 Å². The third-order valence-electron chi connectivity index (χ3n) is 2.49. The molecule has 0 heterocycles. The van der Waals surface area contributed by atoms with E-state index in [9.17, 15) is 8.42 Å². The zero-order chi connectivity index (χ0) is 12.9. The third kappa shape index (κ3) is 3.69. The summed E-state index contributed by atoms with van der Waals surface area (Å²) in [5.74, 6) is 0.292. The molecule has 1 rings (SSSR count). The van der Waals surface area contributed by atoms with Gasteiger partial charge in [0.05, 0.1) is 5.69 Å². The highest BCUT2D eigenvalue weighted by molar-refractivity contribution is 7.89. The zero-order valence-electron chi connectivity index (χ0n) is 10.1. The Balaban J connectivity index is 2.93. The molecule has 96 valence electrons. The molecule has 1 atom stereocenters. The van der Waals surface area contributed by atoms with Crippen molar-refractivity contribution >= 4 is 15.7 Å². The summed E-state index contributed by atoms with van der Waals surface area (Å²) >= 11 is 0. The van der Waals surface area contributed by atoms with E-state index in [4.69, 9.17) is 5.73 Å². The molecule has 0 amide bonds. The van der Waals surface area contributed by atoms with E-state index in [2.05, 4.69) is 10.0 Å². The number of sulfonamides is 1. The minimum atomic E-state index is -3.43. The van der Waals surface area contributed by atoms with Crippen LogP contribution >= 0.6 is 0 Å². The second-order valence-electron chi connectivity index (χ2n) is 3.93. The smallest absolute Gasteiger partial charge is 0.242 e. The van der Waals surface area contributed by atoms with Crippen LogP contribution in [0.1, 0.15) is 6.92 Å². The topological polar surface area (TPSA) is 84.2 Å². The lowest BCUT2D eigenvalue weighted by Gasteiger charge is -2.14. The Morgan fingerprint density at radius 3 is 2.59 bits per heavy atom. The Kier molecular flexibility index (Phi) is 4.92. The van der Waals surface area contributed by atoms with Crippen molar-refractivity contribution in [1.82, 2.24) is 4.72 Å². The maximum atomic E-state index is 11.8. The van der Waals surface area contributed by atoms with Crippen LogP contribution in [0.2, 0.25) is 0 Å². The highest BCUT2D eigenvalue weighted by Gasteiger charge is 2.15. The number of para-hydroxylation sites is 1. The average Bonchev–Trinajstić information content (AvgIpc) is 2.36. The molecule has 5 nitrogen and oxygen atoms in total. The fourth-order valence-corrected chi connectivity index (χ4v) is 2.23. The fraction of sp³-hybridized carbons (Fsp3) is 0.455. The summed E-state index contributed by atoms with van der Waals surface area (Å²) in [6, 6.07) is 6.81. The molecule has 0 aliphatic rings. The molecule has 0 spiro atoms. The lowest BCUT2D eigenvalue weighted by Crippen LogP contribution is -2.23. The standard InChI is InChI=1S/C11H19N3O2S/c1-9(7-12)8-14-10-5-3-4-6-11(10)17(15,16)13-2/h3-6,9,13-14H,7-8,12H2,1-2H3. The van der Waals surface area contributed by atoms with Crippen LogP contribution in [0.25, 0.3) is 0 Å². The number of benzene rings is 1. The highest BCUT2D eigenvalue weighted by atomic mass is 32.2. The minimum absolute atomic E-state index is 0.256. The molecule has 0 aliphatic carbocycles. The summed E-state index contributed by atoms with van der Waals surface area (Å²) in [6.45, 7) is 3.21. The lowest BCUT2D eigenvalue weighted by atomic mass is 10.2. The van der Waals surface area contributed by atoms with Gasteiger partial charge in [0.15, 0.2) is 0 Å². The first kappa shape index (κ1) is 14.0. The SMILES string of the molecule is CNS(=O)(=O)c1ccccc1NCC(C)CN. The van der Waals surface area contributed by atoms with E-state index in [0.717, 1.165) is 0 Å². The quantitative estimate of drug-likeness (QED) is 0.697. The molecule has 0 saturated carbocycles. The van der Waals surface area contributed by atoms with Gasteiger partial charge in [-0.15, -0.1) is 0 Å². The first-order valence-corrected chi connectivity index (χ1v) is 6.96. The van der Waals surface area contributed by atoms with Crippen LogP contribution in [-0.4, -0.2) is 28.6 Å². The van der Waals surface area contributed by atoms with Gasteiger partial charge in [-0.05, 0) is 31.6 Å². The number of nitrogens with one attached hydrogen (secondary N) is 2. The van der Waals surface area contributed by atoms with Gasteiger partial charge >= 0.3 is 0 Å². The van der Waals surface area contributed by atoms with Crippen molar-refractivity contribution in [1.29, 1.82) is 0 Å². The van der Waals surface area contributed by atoms with Crippen molar-refractivity contribution in [3.63, 3.8) is 0 Å². The predicted molar refractivity (Wildman–Crippen MR) is 69.4 cm³/mol. The first-order valence-electron chi connectivity index (χ1n) is 5.47. The average molecular weight is 257 g/mol. The molecular weight excluding hydrogens is 238 g/mol. The first-order chi connectivity index (χ1) is 8.01. The van der Waals surface area contributed by atoms with Crippen LogP contribution in [0.4, 0.5) is 5.69 Å². The van der Waals surface area contributed by atoms with E-state index in [-0.39, 0.29) is 4.90 Å². The van der Waals surface area contributed by atoms with Crippen LogP contribution in [0, 0.1) is 5.92 Å². The van der Waals surface area contributed by atoms with Crippen LogP contribution < -0.4 is 15.8 Å². The summed E-state index contributed by atoms with van der Waals surface area (Å²) in [5.41, 5.74) is 6.11. The molecule has 17 heavy (non-hydrogen) atoms. The molecule has 0 aliphatic heterocycles.